The number of aromatic nitrogens is 7. The van der Waals surface area contributed by atoms with Crippen molar-refractivity contribution in [3.8, 4) is 28.8 Å². The van der Waals surface area contributed by atoms with E-state index in [4.69, 9.17) is 24.3 Å². The molecule has 364 valence electrons. The maximum atomic E-state index is 16.8. The van der Waals surface area contributed by atoms with Crippen LogP contribution >= 0.6 is 0 Å². The molecule has 0 aliphatic carbocycles. The minimum atomic E-state index is -4.16. The number of carbonyl (C=O) groups is 1. The Morgan fingerprint density at radius 2 is 1.60 bits per heavy atom. The van der Waals surface area contributed by atoms with Gasteiger partial charge >= 0.3 is 5.97 Å². The third-order valence-electron chi connectivity index (χ3n) is 12.5. The first kappa shape index (κ1) is 49.2. The molecule has 0 radical (unpaired) electrons. The lowest BCUT2D eigenvalue weighted by Crippen LogP contribution is -2.29. The number of aryl methyl sites for hydroxylation is 1. The van der Waals surface area contributed by atoms with Crippen LogP contribution < -0.4 is 9.47 Å². The summed E-state index contributed by atoms with van der Waals surface area (Å²) >= 11 is 0. The van der Waals surface area contributed by atoms with E-state index in [9.17, 15) is 18.3 Å². The highest BCUT2D eigenvalue weighted by Crippen LogP contribution is 2.41. The first-order valence-corrected chi connectivity index (χ1v) is 24.4. The van der Waals surface area contributed by atoms with Crippen LogP contribution in [0.2, 0.25) is 0 Å². The fourth-order valence-electron chi connectivity index (χ4n) is 8.30. The van der Waals surface area contributed by atoms with Crippen LogP contribution in [0.3, 0.4) is 0 Å². The molecule has 14 nitrogen and oxygen atoms in total. The van der Waals surface area contributed by atoms with E-state index in [2.05, 4.69) is 10.3 Å². The van der Waals surface area contributed by atoms with E-state index in [1.54, 1.807) is 44.4 Å². The lowest BCUT2D eigenvalue weighted by molar-refractivity contribution is -0.147. The number of esters is 1. The summed E-state index contributed by atoms with van der Waals surface area (Å²) < 4.78 is 82.2. The molecule has 70 heavy (non-hydrogen) atoms. The fraction of sp³-hybridized carbons (Fsp3) is 0.302. The second kappa shape index (κ2) is 20.4. The van der Waals surface area contributed by atoms with E-state index in [1.807, 2.05) is 82.3 Å². The smallest absolute Gasteiger partial charge is 0.308 e. The third-order valence-corrected chi connectivity index (χ3v) is 14.2. The molecule has 0 fully saturated rings. The lowest BCUT2D eigenvalue weighted by atomic mass is 9.73. The SMILES string of the molecule is CCOC(=O)C(C)Cc1cccc(C(C)(CCC(C)(C)CO)c2nc(-c3cc(Oc4c(F)cc5c(ccn5S(=O)(=O)c5ccccc5)c4Cn4cc(OCc5ccccc5)nn4)ccc3F)n(C)n2)c1. The summed E-state index contributed by atoms with van der Waals surface area (Å²) in [6.07, 6.45) is 4.45. The van der Waals surface area contributed by atoms with Gasteiger partial charge in [0, 0.05) is 36.9 Å². The van der Waals surface area contributed by atoms with Crippen molar-refractivity contribution in [3.05, 3.63) is 167 Å². The number of fused-ring (bicyclic) bond motifs is 1. The van der Waals surface area contributed by atoms with Gasteiger partial charge in [0.05, 0.1) is 46.7 Å². The molecule has 0 aliphatic rings. The number of carbonyl (C=O) groups excluding carboxylic acids is 1. The Bertz CT molecular complexity index is 3250. The van der Waals surface area contributed by atoms with Crippen LogP contribution in [0, 0.1) is 23.0 Å². The highest BCUT2D eigenvalue weighted by atomic mass is 32.2. The van der Waals surface area contributed by atoms with Gasteiger partial charge in [-0.3, -0.25) is 4.79 Å². The summed E-state index contributed by atoms with van der Waals surface area (Å²) in [4.78, 5) is 17.6. The number of rotatable bonds is 20. The molecule has 8 aromatic rings. The first-order chi connectivity index (χ1) is 33.5. The van der Waals surface area contributed by atoms with Gasteiger partial charge < -0.3 is 19.3 Å². The van der Waals surface area contributed by atoms with Crippen molar-refractivity contribution in [2.24, 2.45) is 18.4 Å². The number of ether oxygens (including phenoxy) is 3. The average molecular weight is 972 g/mol. The molecular weight excluding hydrogens is 917 g/mol. The van der Waals surface area contributed by atoms with Crippen LogP contribution in [-0.4, -0.2) is 66.4 Å². The van der Waals surface area contributed by atoms with Crippen LogP contribution in [0.25, 0.3) is 22.3 Å². The van der Waals surface area contributed by atoms with Gasteiger partial charge in [-0.2, -0.15) is 5.10 Å². The van der Waals surface area contributed by atoms with Crippen molar-refractivity contribution in [2.75, 3.05) is 13.2 Å². The van der Waals surface area contributed by atoms with Gasteiger partial charge in [0.1, 0.15) is 18.2 Å². The Kier molecular flexibility index (Phi) is 14.3. The molecular formula is C53H55F2N7O7S. The standard InChI is InChI=1S/C53H55F2N7O7S/c1-7-67-50(64)35(2)27-37-17-14-18-38(28-37)53(5,25-24-52(3,4)34-63)51-56-49(60(6)58-51)42-29-39(21-22-44(42)54)69-48-43(31-61-32-47(57-59-61)68-33-36-15-10-8-11-16-36)41-23-26-62(46(41)30-45(48)55)70(65,66)40-19-12-9-13-20-40/h8-23,26,28-30,32,35,63H,7,24-25,27,31,33-34H2,1-6H3. The summed E-state index contributed by atoms with van der Waals surface area (Å²) in [5, 5.41) is 23.8. The number of aliphatic hydroxyl groups is 1. The summed E-state index contributed by atoms with van der Waals surface area (Å²) in [6.45, 7) is 9.90. The van der Waals surface area contributed by atoms with Crippen LogP contribution in [-0.2, 0) is 51.6 Å². The summed E-state index contributed by atoms with van der Waals surface area (Å²) in [6, 6.07) is 31.8. The van der Waals surface area contributed by atoms with Gasteiger partial charge in [0.25, 0.3) is 15.9 Å². The molecule has 0 bridgehead atoms. The van der Waals surface area contributed by atoms with Crippen LogP contribution in [0.5, 0.6) is 17.4 Å². The van der Waals surface area contributed by atoms with E-state index < -0.39 is 32.5 Å². The lowest BCUT2D eigenvalue weighted by Gasteiger charge is -2.32. The molecule has 0 amide bonds. The van der Waals surface area contributed by atoms with Crippen molar-refractivity contribution in [2.45, 2.75) is 77.3 Å². The molecule has 2 unspecified atom stereocenters. The highest BCUT2D eigenvalue weighted by molar-refractivity contribution is 7.90. The zero-order chi connectivity index (χ0) is 49.8. The molecule has 0 saturated heterocycles. The summed E-state index contributed by atoms with van der Waals surface area (Å²) in [7, 11) is -2.50. The zero-order valence-corrected chi connectivity index (χ0v) is 40.7. The van der Waals surface area contributed by atoms with Gasteiger partial charge in [0.15, 0.2) is 23.2 Å². The molecule has 0 aliphatic heterocycles. The second-order valence-electron chi connectivity index (χ2n) is 18.4. The molecule has 0 spiro atoms. The molecule has 8 rings (SSSR count). The Hall–Kier alpha value is -7.24. The predicted molar refractivity (Wildman–Crippen MR) is 260 cm³/mol. The van der Waals surface area contributed by atoms with Crippen LogP contribution in [0.15, 0.2) is 133 Å². The van der Waals surface area contributed by atoms with Gasteiger partial charge in [-0.25, -0.2) is 35.5 Å². The highest BCUT2D eigenvalue weighted by Gasteiger charge is 2.37. The fourth-order valence-corrected chi connectivity index (χ4v) is 9.66. The van der Waals surface area contributed by atoms with Crippen molar-refractivity contribution in [1.29, 1.82) is 0 Å². The van der Waals surface area contributed by atoms with E-state index >= 15 is 8.78 Å². The molecule has 2 atom stereocenters. The van der Waals surface area contributed by atoms with Crippen molar-refractivity contribution in [1.82, 2.24) is 33.7 Å². The van der Waals surface area contributed by atoms with Crippen LogP contribution in [0.4, 0.5) is 8.78 Å². The first-order valence-electron chi connectivity index (χ1n) is 23.0. The summed E-state index contributed by atoms with van der Waals surface area (Å²) in [5.41, 5.74) is 1.72. The number of halogens is 2. The number of aliphatic hydroxyl groups excluding tert-OH is 1. The Morgan fingerprint density at radius 3 is 2.33 bits per heavy atom. The van der Waals surface area contributed by atoms with E-state index in [-0.39, 0.29) is 83.0 Å². The monoisotopic (exact) mass is 971 g/mol. The molecule has 17 heteroatoms. The Morgan fingerprint density at radius 1 is 0.871 bits per heavy atom. The topological polar surface area (TPSA) is 165 Å². The molecule has 1 N–H and O–H groups in total. The van der Waals surface area contributed by atoms with Crippen LogP contribution in [0.1, 0.15) is 75.5 Å². The molecule has 3 aromatic heterocycles. The van der Waals surface area contributed by atoms with Gasteiger partial charge in [0.2, 0.25) is 0 Å². The number of benzene rings is 5. The van der Waals surface area contributed by atoms with Crippen molar-refractivity contribution in [3.63, 3.8) is 0 Å². The Balaban J connectivity index is 1.16. The second-order valence-corrected chi connectivity index (χ2v) is 20.2. The Labute approximate surface area is 405 Å². The zero-order valence-electron chi connectivity index (χ0n) is 39.8. The normalized spacial score (nSPS) is 13.3. The van der Waals surface area contributed by atoms with Crippen molar-refractivity contribution < 1.29 is 41.3 Å². The molecule has 3 heterocycles. The van der Waals surface area contributed by atoms with Crippen molar-refractivity contribution >= 4 is 26.9 Å². The molecule has 5 aromatic carbocycles. The van der Waals surface area contributed by atoms with Gasteiger partial charge in [-0.1, -0.05) is 104 Å². The van der Waals surface area contributed by atoms with E-state index in [1.165, 1.54) is 45.9 Å². The van der Waals surface area contributed by atoms with Gasteiger partial charge in [-0.05, 0) is 91.6 Å². The quantitative estimate of drug-likeness (QED) is 0.0723. The van der Waals surface area contributed by atoms with E-state index in [0.29, 0.717) is 30.5 Å². The minimum Gasteiger partial charge on any atom is -0.471 e. The summed E-state index contributed by atoms with van der Waals surface area (Å²) in [5.74, 6) is -1.62. The number of hydrogen-bond donors (Lipinski definition) is 1. The largest absolute Gasteiger partial charge is 0.471 e. The number of hydrogen-bond acceptors (Lipinski definition) is 11. The molecule has 0 saturated carbocycles. The minimum absolute atomic E-state index is 0.0144. The average Bonchev–Trinajstić information content (AvgIpc) is 4.11. The third kappa shape index (κ3) is 10.5. The predicted octanol–water partition coefficient (Wildman–Crippen LogP) is 9.81. The maximum absolute atomic E-state index is 16.8. The number of nitrogens with zero attached hydrogens (tertiary/aromatic N) is 7. The van der Waals surface area contributed by atoms with Gasteiger partial charge in [-0.15, -0.1) is 0 Å². The maximum Gasteiger partial charge on any atom is 0.308 e. The van der Waals surface area contributed by atoms with E-state index in [0.717, 1.165) is 26.7 Å².